The Balaban J connectivity index is 2.04. The molecule has 1 N–H and O–H groups in total. The molecule has 0 saturated carbocycles. The lowest BCUT2D eigenvalue weighted by Crippen LogP contribution is -2.27. The Morgan fingerprint density at radius 3 is 2.82 bits per heavy atom. The fraction of sp³-hybridized carbons (Fsp3) is 0.250. The van der Waals surface area contributed by atoms with Crippen molar-refractivity contribution in [1.82, 2.24) is 14.6 Å². The minimum atomic E-state index is -0.934. The second-order valence-corrected chi connectivity index (χ2v) is 5.72. The molecule has 6 heteroatoms. The number of nitrogens with zero attached hydrogens (tertiary/aromatic N) is 3. The van der Waals surface area contributed by atoms with Crippen LogP contribution < -0.4 is 4.74 Å². The predicted octanol–water partition coefficient (Wildman–Crippen LogP) is 2.69. The van der Waals surface area contributed by atoms with E-state index >= 15 is 0 Å². The highest BCUT2D eigenvalue weighted by molar-refractivity contribution is 5.80. The Morgan fingerprint density at radius 1 is 1.32 bits per heavy atom. The summed E-state index contributed by atoms with van der Waals surface area (Å²) in [5.41, 5.74) is 1.53. The van der Waals surface area contributed by atoms with Crippen LogP contribution in [0.4, 0.5) is 4.39 Å². The van der Waals surface area contributed by atoms with Gasteiger partial charge in [-0.1, -0.05) is 0 Å². The Kier molecular flexibility index (Phi) is 3.54. The summed E-state index contributed by atoms with van der Waals surface area (Å²) in [6.07, 6.45) is 4.88. The monoisotopic (exact) mass is 301 g/mol. The van der Waals surface area contributed by atoms with Crippen molar-refractivity contribution in [3.63, 3.8) is 0 Å². The molecule has 0 bridgehead atoms. The van der Waals surface area contributed by atoms with Crippen LogP contribution in [0.1, 0.15) is 13.8 Å². The molecule has 0 radical (unpaired) electrons. The third kappa shape index (κ3) is 3.07. The van der Waals surface area contributed by atoms with Gasteiger partial charge in [0.05, 0.1) is 23.5 Å². The normalized spacial score (nSPS) is 11.8. The Bertz CT molecular complexity index is 791. The summed E-state index contributed by atoms with van der Waals surface area (Å²) in [6, 6.07) is 6.66. The molecule has 0 amide bonds. The van der Waals surface area contributed by atoms with E-state index in [9.17, 15) is 9.50 Å². The van der Waals surface area contributed by atoms with Crippen molar-refractivity contribution in [3.8, 4) is 16.9 Å². The molecule has 0 aromatic carbocycles. The molecule has 0 aliphatic heterocycles. The van der Waals surface area contributed by atoms with Gasteiger partial charge < -0.3 is 9.84 Å². The van der Waals surface area contributed by atoms with Gasteiger partial charge in [-0.2, -0.15) is 9.49 Å². The largest absolute Gasteiger partial charge is 0.489 e. The van der Waals surface area contributed by atoms with E-state index in [2.05, 4.69) is 10.1 Å². The summed E-state index contributed by atoms with van der Waals surface area (Å²) >= 11 is 0. The Hall–Kier alpha value is -2.47. The molecule has 3 rings (SSSR count). The summed E-state index contributed by atoms with van der Waals surface area (Å²) in [7, 11) is 0. The lowest BCUT2D eigenvalue weighted by molar-refractivity contribution is 0.0283. The zero-order valence-electron chi connectivity index (χ0n) is 12.3. The smallest absolute Gasteiger partial charge is 0.212 e. The van der Waals surface area contributed by atoms with Gasteiger partial charge in [0, 0.05) is 17.3 Å². The van der Waals surface area contributed by atoms with Crippen molar-refractivity contribution >= 4 is 5.52 Å². The van der Waals surface area contributed by atoms with Crippen LogP contribution in [-0.2, 0) is 0 Å². The molecule has 5 nitrogen and oxygen atoms in total. The number of fused-ring (bicyclic) bond motifs is 1. The summed E-state index contributed by atoms with van der Waals surface area (Å²) in [6.45, 7) is 3.50. The molecule has 0 aliphatic rings. The maximum atomic E-state index is 13.0. The summed E-state index contributed by atoms with van der Waals surface area (Å²) in [4.78, 5) is 3.68. The first-order chi connectivity index (χ1) is 10.4. The van der Waals surface area contributed by atoms with Crippen LogP contribution in [0.15, 0.2) is 42.9 Å². The highest BCUT2D eigenvalue weighted by Crippen LogP contribution is 2.28. The molecule has 3 heterocycles. The molecule has 0 atom stereocenters. The van der Waals surface area contributed by atoms with Crippen LogP contribution in [0.25, 0.3) is 16.6 Å². The molecular formula is C16H16FN3O2. The van der Waals surface area contributed by atoms with Crippen molar-refractivity contribution < 1.29 is 14.2 Å². The average molecular weight is 301 g/mol. The first-order valence-corrected chi connectivity index (χ1v) is 6.87. The predicted molar refractivity (Wildman–Crippen MR) is 80.2 cm³/mol. The lowest BCUT2D eigenvalue weighted by Gasteiger charge is -2.18. The Morgan fingerprint density at radius 2 is 2.14 bits per heavy atom. The third-order valence-corrected chi connectivity index (χ3v) is 3.11. The minimum Gasteiger partial charge on any atom is -0.489 e. The summed E-state index contributed by atoms with van der Waals surface area (Å²) in [5, 5.41) is 14.0. The number of rotatable bonds is 4. The van der Waals surface area contributed by atoms with Crippen LogP contribution in [-0.4, -0.2) is 31.9 Å². The zero-order chi connectivity index (χ0) is 15.7. The number of pyridine rings is 2. The SMILES string of the molecule is CC(C)(O)COc1cc(-c2ccc(F)nc2)c2ccnn2c1. The Labute approximate surface area is 127 Å². The van der Waals surface area contributed by atoms with Crippen molar-refractivity contribution in [1.29, 1.82) is 0 Å². The summed E-state index contributed by atoms with van der Waals surface area (Å²) in [5.74, 6) is 0.0420. The van der Waals surface area contributed by atoms with E-state index in [1.165, 1.54) is 12.3 Å². The number of hydrogen-bond donors (Lipinski definition) is 1. The minimum absolute atomic E-state index is 0.154. The van der Waals surface area contributed by atoms with Crippen molar-refractivity contribution in [2.75, 3.05) is 6.61 Å². The maximum absolute atomic E-state index is 13.0. The van der Waals surface area contributed by atoms with E-state index in [0.717, 1.165) is 16.6 Å². The van der Waals surface area contributed by atoms with E-state index in [1.54, 1.807) is 36.8 Å². The fourth-order valence-corrected chi connectivity index (χ4v) is 2.11. The molecule has 22 heavy (non-hydrogen) atoms. The second kappa shape index (κ2) is 5.38. The van der Waals surface area contributed by atoms with Crippen LogP contribution in [0.2, 0.25) is 0 Å². The maximum Gasteiger partial charge on any atom is 0.212 e. The van der Waals surface area contributed by atoms with Crippen LogP contribution in [0, 0.1) is 5.95 Å². The zero-order valence-corrected chi connectivity index (χ0v) is 12.3. The van der Waals surface area contributed by atoms with Gasteiger partial charge in [0.25, 0.3) is 0 Å². The van der Waals surface area contributed by atoms with E-state index in [4.69, 9.17) is 4.74 Å². The molecule has 0 saturated heterocycles. The van der Waals surface area contributed by atoms with E-state index in [0.29, 0.717) is 5.75 Å². The van der Waals surface area contributed by atoms with Crippen LogP contribution in [0.3, 0.4) is 0 Å². The average Bonchev–Trinajstić information content (AvgIpc) is 2.93. The van der Waals surface area contributed by atoms with E-state index in [1.807, 2.05) is 12.1 Å². The van der Waals surface area contributed by atoms with E-state index in [-0.39, 0.29) is 6.61 Å². The van der Waals surface area contributed by atoms with Gasteiger partial charge in [0.2, 0.25) is 5.95 Å². The highest BCUT2D eigenvalue weighted by atomic mass is 19.1. The van der Waals surface area contributed by atoms with Crippen LogP contribution in [0.5, 0.6) is 5.75 Å². The molecular weight excluding hydrogens is 285 g/mol. The molecule has 0 fully saturated rings. The van der Waals surface area contributed by atoms with Gasteiger partial charge in [0.15, 0.2) is 0 Å². The van der Waals surface area contributed by atoms with Gasteiger partial charge in [-0.05, 0) is 38.1 Å². The fourth-order valence-electron chi connectivity index (χ4n) is 2.11. The third-order valence-electron chi connectivity index (χ3n) is 3.11. The number of aromatic nitrogens is 3. The van der Waals surface area contributed by atoms with Gasteiger partial charge in [-0.25, -0.2) is 9.50 Å². The number of halogens is 1. The quantitative estimate of drug-likeness (QED) is 0.753. The van der Waals surface area contributed by atoms with Gasteiger partial charge in [-0.15, -0.1) is 0 Å². The van der Waals surface area contributed by atoms with E-state index < -0.39 is 11.5 Å². The lowest BCUT2D eigenvalue weighted by atomic mass is 10.1. The number of hydrogen-bond acceptors (Lipinski definition) is 4. The molecule has 0 unspecified atom stereocenters. The number of aliphatic hydroxyl groups is 1. The van der Waals surface area contributed by atoms with Gasteiger partial charge in [0.1, 0.15) is 12.4 Å². The molecule has 0 aliphatic carbocycles. The second-order valence-electron chi connectivity index (χ2n) is 5.72. The standard InChI is InChI=1S/C16H16FN3O2/c1-16(2,21)10-22-12-7-13(11-3-4-15(17)18-8-11)14-5-6-19-20(14)9-12/h3-9,21H,10H2,1-2H3. The molecule has 114 valence electrons. The first-order valence-electron chi connectivity index (χ1n) is 6.87. The first kappa shape index (κ1) is 14.5. The van der Waals surface area contributed by atoms with Gasteiger partial charge >= 0.3 is 0 Å². The van der Waals surface area contributed by atoms with Gasteiger partial charge in [-0.3, -0.25) is 0 Å². The van der Waals surface area contributed by atoms with Crippen LogP contribution >= 0.6 is 0 Å². The highest BCUT2D eigenvalue weighted by Gasteiger charge is 2.15. The van der Waals surface area contributed by atoms with Crippen molar-refractivity contribution in [2.24, 2.45) is 0 Å². The topological polar surface area (TPSA) is 59.7 Å². The molecule has 3 aromatic rings. The molecule has 3 aromatic heterocycles. The summed E-state index contributed by atoms with van der Waals surface area (Å²) < 4.78 is 20.3. The van der Waals surface area contributed by atoms with Crippen molar-refractivity contribution in [3.05, 3.63) is 48.8 Å². The number of ether oxygens (including phenoxy) is 1. The van der Waals surface area contributed by atoms with Crippen molar-refractivity contribution in [2.45, 2.75) is 19.4 Å². The molecule has 0 spiro atoms.